The molecular formula is C25H19BrFNO7. The van der Waals surface area contributed by atoms with E-state index in [9.17, 15) is 33.5 Å². The molecule has 3 aliphatic carbocycles. The normalized spacial score (nSPS) is 27.9. The molecule has 180 valence electrons. The first-order valence-corrected chi connectivity index (χ1v) is 11.8. The van der Waals surface area contributed by atoms with Gasteiger partial charge >= 0.3 is 5.97 Å². The SMILES string of the molecule is O=C(O)CCN1C(=O)[C@H]2[C@H](CC=C3[C@H](c4cccc(F)c4O)C4=C(C[C@H]32)C(=O)C(Br)=CC4=O)C1=O. The predicted molar refractivity (Wildman–Crippen MR) is 122 cm³/mol. The summed E-state index contributed by atoms with van der Waals surface area (Å²) in [6.45, 7) is -0.254. The number of benzene rings is 1. The second kappa shape index (κ2) is 8.37. The zero-order valence-corrected chi connectivity index (χ0v) is 19.7. The van der Waals surface area contributed by atoms with Crippen molar-refractivity contribution in [2.75, 3.05) is 6.54 Å². The Morgan fingerprint density at radius 2 is 1.89 bits per heavy atom. The Bertz CT molecular complexity index is 1330. The van der Waals surface area contributed by atoms with Crippen LogP contribution in [0.4, 0.5) is 4.39 Å². The van der Waals surface area contributed by atoms with Crippen molar-refractivity contribution in [2.45, 2.75) is 25.2 Å². The highest BCUT2D eigenvalue weighted by Gasteiger charge is 2.56. The largest absolute Gasteiger partial charge is 0.505 e. The molecule has 0 spiro atoms. The summed E-state index contributed by atoms with van der Waals surface area (Å²) in [5.41, 5.74) is 0.948. The number of imide groups is 1. The number of para-hydroxylation sites is 1. The number of fused-ring (bicyclic) bond motifs is 3. The molecule has 4 atom stereocenters. The molecule has 10 heteroatoms. The lowest BCUT2D eigenvalue weighted by molar-refractivity contribution is -0.142. The molecule has 1 aromatic carbocycles. The van der Waals surface area contributed by atoms with Gasteiger partial charge in [-0.25, -0.2) is 4.39 Å². The van der Waals surface area contributed by atoms with Crippen molar-refractivity contribution in [2.24, 2.45) is 17.8 Å². The van der Waals surface area contributed by atoms with Gasteiger partial charge in [-0.3, -0.25) is 28.9 Å². The molecule has 1 aliphatic heterocycles. The van der Waals surface area contributed by atoms with Crippen LogP contribution in [0.25, 0.3) is 0 Å². The van der Waals surface area contributed by atoms with Crippen LogP contribution in [-0.4, -0.2) is 51.0 Å². The van der Waals surface area contributed by atoms with E-state index in [1.54, 1.807) is 6.08 Å². The Labute approximate surface area is 206 Å². The van der Waals surface area contributed by atoms with E-state index < -0.39 is 64.6 Å². The van der Waals surface area contributed by atoms with Crippen LogP contribution in [0.5, 0.6) is 5.75 Å². The van der Waals surface area contributed by atoms with E-state index in [1.807, 2.05) is 0 Å². The third-order valence-electron chi connectivity index (χ3n) is 7.30. The number of allylic oxidation sites excluding steroid dienone is 6. The van der Waals surface area contributed by atoms with E-state index in [0.717, 1.165) is 17.0 Å². The minimum atomic E-state index is -1.14. The lowest BCUT2D eigenvalue weighted by Crippen LogP contribution is -2.39. The number of phenolic OH excluding ortho intramolecular Hbond substituents is 1. The van der Waals surface area contributed by atoms with Crippen molar-refractivity contribution in [3.8, 4) is 5.75 Å². The molecule has 1 heterocycles. The van der Waals surface area contributed by atoms with Crippen LogP contribution in [0.15, 0.2) is 51.6 Å². The highest BCUT2D eigenvalue weighted by Crippen LogP contribution is 2.56. The van der Waals surface area contributed by atoms with Gasteiger partial charge in [0.2, 0.25) is 11.8 Å². The Morgan fingerprint density at radius 3 is 2.60 bits per heavy atom. The van der Waals surface area contributed by atoms with Crippen LogP contribution in [0, 0.1) is 23.6 Å². The fourth-order valence-electron chi connectivity index (χ4n) is 5.82. The minimum absolute atomic E-state index is 0.0220. The summed E-state index contributed by atoms with van der Waals surface area (Å²) in [5, 5.41) is 19.6. The van der Waals surface area contributed by atoms with Gasteiger partial charge in [0.25, 0.3) is 0 Å². The zero-order chi connectivity index (χ0) is 25.2. The molecule has 1 aromatic rings. The molecule has 1 saturated heterocycles. The van der Waals surface area contributed by atoms with Gasteiger partial charge in [-0.2, -0.15) is 0 Å². The number of aliphatic carboxylic acids is 1. The highest BCUT2D eigenvalue weighted by molar-refractivity contribution is 9.12. The van der Waals surface area contributed by atoms with Crippen LogP contribution in [-0.2, 0) is 24.0 Å². The first-order chi connectivity index (χ1) is 16.6. The van der Waals surface area contributed by atoms with Crippen molar-refractivity contribution < 1.29 is 38.6 Å². The third-order valence-corrected chi connectivity index (χ3v) is 7.89. The summed E-state index contributed by atoms with van der Waals surface area (Å²) in [7, 11) is 0. The van der Waals surface area contributed by atoms with Gasteiger partial charge in [0.1, 0.15) is 0 Å². The number of carboxylic acids is 1. The molecule has 1 fully saturated rings. The first-order valence-electron chi connectivity index (χ1n) is 11.0. The second-order valence-corrected chi connectivity index (χ2v) is 9.90. The first kappa shape index (κ1) is 23.3. The molecule has 2 N–H and O–H groups in total. The molecular weight excluding hydrogens is 525 g/mol. The van der Waals surface area contributed by atoms with Gasteiger partial charge in [0.15, 0.2) is 23.1 Å². The summed E-state index contributed by atoms with van der Waals surface area (Å²) in [4.78, 5) is 64.5. The summed E-state index contributed by atoms with van der Waals surface area (Å²) in [5.74, 6) is -7.76. The fourth-order valence-corrected chi connectivity index (χ4v) is 6.27. The summed E-state index contributed by atoms with van der Waals surface area (Å²) < 4.78 is 14.4. The molecule has 0 saturated carbocycles. The standard InChI is InChI=1S/C25H19BrFNO7/c26-15-9-17(29)21-14(22(15)32)8-13-10(19(21)11-2-1-3-16(27)23(11)33)4-5-12-20(13)25(35)28(24(12)34)7-6-18(30)31/h1-4,9,12-13,19-20,33H,5-8H2,(H,30,31)/t12-,13+,19+,20-/m0/s1. The van der Waals surface area contributed by atoms with Gasteiger partial charge < -0.3 is 10.2 Å². The van der Waals surface area contributed by atoms with Crippen molar-refractivity contribution in [3.63, 3.8) is 0 Å². The van der Waals surface area contributed by atoms with Crippen molar-refractivity contribution >= 4 is 45.3 Å². The average Bonchev–Trinajstić information content (AvgIpc) is 3.06. The molecule has 35 heavy (non-hydrogen) atoms. The number of likely N-dealkylation sites (tertiary alicyclic amines) is 1. The number of amides is 2. The summed E-state index contributed by atoms with van der Waals surface area (Å²) in [6.07, 6.45) is 2.69. The van der Waals surface area contributed by atoms with Gasteiger partial charge in [0, 0.05) is 35.2 Å². The van der Waals surface area contributed by atoms with E-state index in [-0.39, 0.29) is 47.0 Å². The van der Waals surface area contributed by atoms with E-state index in [0.29, 0.717) is 5.57 Å². The number of halogens is 2. The number of aromatic hydroxyl groups is 1. The number of phenols is 1. The van der Waals surface area contributed by atoms with E-state index in [2.05, 4.69) is 15.9 Å². The number of carbonyl (C=O) groups excluding carboxylic acids is 4. The highest BCUT2D eigenvalue weighted by atomic mass is 79.9. The van der Waals surface area contributed by atoms with Gasteiger partial charge in [-0.1, -0.05) is 23.8 Å². The fraction of sp³-hybridized carbons (Fsp3) is 0.320. The second-order valence-electron chi connectivity index (χ2n) is 9.04. The molecule has 0 radical (unpaired) electrons. The molecule has 4 aliphatic rings. The number of Topliss-reactive ketones (excluding diaryl/α,β-unsaturated/α-hetero) is 1. The van der Waals surface area contributed by atoms with Crippen LogP contribution in [0.1, 0.15) is 30.7 Å². The van der Waals surface area contributed by atoms with E-state index >= 15 is 0 Å². The molecule has 0 aromatic heterocycles. The molecule has 8 nitrogen and oxygen atoms in total. The zero-order valence-electron chi connectivity index (χ0n) is 18.2. The average molecular weight is 544 g/mol. The van der Waals surface area contributed by atoms with Crippen molar-refractivity contribution in [1.82, 2.24) is 4.90 Å². The van der Waals surface area contributed by atoms with Crippen molar-refractivity contribution in [1.29, 1.82) is 0 Å². The Hall–Kier alpha value is -3.40. The number of nitrogens with zero attached hydrogens (tertiary/aromatic N) is 1. The van der Waals surface area contributed by atoms with Crippen molar-refractivity contribution in [3.05, 3.63) is 62.9 Å². The van der Waals surface area contributed by atoms with Gasteiger partial charge in [0.05, 0.1) is 22.7 Å². The Kier molecular flexibility index (Phi) is 5.58. The smallest absolute Gasteiger partial charge is 0.305 e. The van der Waals surface area contributed by atoms with Gasteiger partial charge in [-0.15, -0.1) is 0 Å². The number of rotatable bonds is 4. The Morgan fingerprint density at radius 1 is 1.14 bits per heavy atom. The minimum Gasteiger partial charge on any atom is -0.505 e. The van der Waals surface area contributed by atoms with Gasteiger partial charge in [-0.05, 0) is 40.8 Å². The molecule has 0 bridgehead atoms. The predicted octanol–water partition coefficient (Wildman–Crippen LogP) is 2.77. The molecule has 0 unspecified atom stereocenters. The maximum atomic E-state index is 14.3. The monoisotopic (exact) mass is 543 g/mol. The summed E-state index contributed by atoms with van der Waals surface area (Å²) in [6, 6.07) is 3.93. The Balaban J connectivity index is 1.65. The number of ketones is 2. The lowest BCUT2D eigenvalue weighted by atomic mass is 9.59. The number of carboxylic acid groups (broad SMARTS) is 1. The summed E-state index contributed by atoms with van der Waals surface area (Å²) >= 11 is 3.12. The van der Waals surface area contributed by atoms with Crippen LogP contribution < -0.4 is 0 Å². The van der Waals surface area contributed by atoms with Crippen LogP contribution in [0.3, 0.4) is 0 Å². The maximum Gasteiger partial charge on any atom is 0.305 e. The van der Waals surface area contributed by atoms with Crippen LogP contribution in [0.2, 0.25) is 0 Å². The molecule has 2 amide bonds. The van der Waals surface area contributed by atoms with E-state index in [1.165, 1.54) is 12.1 Å². The lowest BCUT2D eigenvalue weighted by Gasteiger charge is -2.42. The topological polar surface area (TPSA) is 129 Å². The number of hydrogen-bond acceptors (Lipinski definition) is 6. The quantitative estimate of drug-likeness (QED) is 0.339. The number of hydrogen-bond donors (Lipinski definition) is 2. The molecule has 5 rings (SSSR count). The van der Waals surface area contributed by atoms with Crippen LogP contribution >= 0.6 is 15.9 Å². The third kappa shape index (κ3) is 3.50. The maximum absolute atomic E-state index is 14.3. The van der Waals surface area contributed by atoms with E-state index in [4.69, 9.17) is 5.11 Å². The number of carbonyl (C=O) groups is 5.